The molecule has 2 N–H and O–H groups in total. The Labute approximate surface area is 134 Å². The topological polar surface area (TPSA) is 83.8 Å². The molecule has 5 nitrogen and oxygen atoms in total. The highest BCUT2D eigenvalue weighted by Crippen LogP contribution is 2.23. The smallest absolute Gasteiger partial charge is 0.319 e. The van der Waals surface area contributed by atoms with Gasteiger partial charge in [-0.2, -0.15) is 0 Å². The highest BCUT2D eigenvalue weighted by molar-refractivity contribution is 6.02. The fourth-order valence-electron chi connectivity index (χ4n) is 2.03. The van der Waals surface area contributed by atoms with Crippen LogP contribution in [0.1, 0.15) is 65.7 Å². The Kier molecular flexibility index (Phi) is 11.1. The van der Waals surface area contributed by atoms with Gasteiger partial charge in [-0.15, -0.1) is 0 Å². The molecular formula is C17H32O5. The maximum atomic E-state index is 12.2. The normalized spacial score (nSPS) is 11.7. The zero-order chi connectivity index (χ0) is 17.0. The lowest BCUT2D eigenvalue weighted by Gasteiger charge is -2.22. The van der Waals surface area contributed by atoms with Gasteiger partial charge in [0.1, 0.15) is 11.2 Å². The van der Waals surface area contributed by atoms with Crippen molar-refractivity contribution in [2.24, 2.45) is 11.3 Å². The maximum Gasteiger partial charge on any atom is 0.319 e. The molecule has 0 aromatic heterocycles. The van der Waals surface area contributed by atoms with Gasteiger partial charge in [-0.1, -0.05) is 39.0 Å². The Morgan fingerprint density at radius 3 is 2.09 bits per heavy atom. The van der Waals surface area contributed by atoms with E-state index in [1.807, 2.05) is 0 Å². The summed E-state index contributed by atoms with van der Waals surface area (Å²) in [7, 11) is 0. The number of rotatable bonds is 13. The third kappa shape index (κ3) is 7.90. The number of aliphatic hydroxyl groups is 2. The molecule has 130 valence electrons. The number of unbranched alkanes of at least 4 members (excludes halogenated alkanes) is 5. The summed E-state index contributed by atoms with van der Waals surface area (Å²) in [5, 5.41) is 17.9. The van der Waals surface area contributed by atoms with Gasteiger partial charge in [-0.3, -0.25) is 9.59 Å². The SMILES string of the molecule is CCCCCCCCC(=O)C(C)(C)C(=O)OCC(CO)CO. The van der Waals surface area contributed by atoms with E-state index in [4.69, 9.17) is 14.9 Å². The van der Waals surface area contributed by atoms with Gasteiger partial charge in [-0.05, 0) is 20.3 Å². The molecule has 0 atom stereocenters. The lowest BCUT2D eigenvalue weighted by molar-refractivity contribution is -0.160. The molecule has 0 fully saturated rings. The fourth-order valence-corrected chi connectivity index (χ4v) is 2.03. The van der Waals surface area contributed by atoms with Gasteiger partial charge in [0.15, 0.2) is 0 Å². The molecule has 0 bridgehead atoms. The lowest BCUT2D eigenvalue weighted by Crippen LogP contribution is -2.36. The summed E-state index contributed by atoms with van der Waals surface area (Å²) in [6.45, 7) is 4.73. The minimum atomic E-state index is -1.17. The van der Waals surface area contributed by atoms with Crippen LogP contribution in [0.25, 0.3) is 0 Å². The van der Waals surface area contributed by atoms with E-state index in [0.717, 1.165) is 19.3 Å². The van der Waals surface area contributed by atoms with Gasteiger partial charge < -0.3 is 14.9 Å². The van der Waals surface area contributed by atoms with Crippen LogP contribution in [0.4, 0.5) is 0 Å². The summed E-state index contributed by atoms with van der Waals surface area (Å²) in [4.78, 5) is 24.2. The lowest BCUT2D eigenvalue weighted by atomic mass is 9.85. The van der Waals surface area contributed by atoms with Crippen LogP contribution in [0, 0.1) is 11.3 Å². The highest BCUT2D eigenvalue weighted by Gasteiger charge is 2.37. The van der Waals surface area contributed by atoms with Gasteiger partial charge in [0, 0.05) is 12.3 Å². The molecule has 0 amide bonds. The van der Waals surface area contributed by atoms with E-state index in [-0.39, 0.29) is 25.6 Å². The van der Waals surface area contributed by atoms with Gasteiger partial charge in [0.05, 0.1) is 19.8 Å². The summed E-state index contributed by atoms with van der Waals surface area (Å²) in [5.41, 5.74) is -1.17. The largest absolute Gasteiger partial charge is 0.464 e. The first-order valence-electron chi connectivity index (χ1n) is 8.32. The molecule has 0 heterocycles. The zero-order valence-corrected chi connectivity index (χ0v) is 14.3. The predicted molar refractivity (Wildman–Crippen MR) is 85.4 cm³/mol. The third-order valence-electron chi connectivity index (χ3n) is 3.93. The molecule has 0 rings (SSSR count). The number of Topliss-reactive ketones (excluding diaryl/α,β-unsaturated/α-hetero) is 1. The number of hydrogen-bond donors (Lipinski definition) is 2. The molecule has 0 saturated carbocycles. The van der Waals surface area contributed by atoms with Crippen LogP contribution in [0.15, 0.2) is 0 Å². The van der Waals surface area contributed by atoms with E-state index in [2.05, 4.69) is 6.92 Å². The number of carbonyl (C=O) groups is 2. The first kappa shape index (κ1) is 21.1. The zero-order valence-electron chi connectivity index (χ0n) is 14.3. The summed E-state index contributed by atoms with van der Waals surface area (Å²) in [6.07, 6.45) is 6.93. The molecule has 0 unspecified atom stereocenters. The van der Waals surface area contributed by atoms with Crippen molar-refractivity contribution in [1.82, 2.24) is 0 Å². The van der Waals surface area contributed by atoms with E-state index >= 15 is 0 Å². The Morgan fingerprint density at radius 1 is 1.00 bits per heavy atom. The van der Waals surface area contributed by atoms with Gasteiger partial charge in [0.2, 0.25) is 0 Å². The highest BCUT2D eigenvalue weighted by atomic mass is 16.5. The van der Waals surface area contributed by atoms with Crippen molar-refractivity contribution in [2.45, 2.75) is 65.7 Å². The molecule has 0 aromatic rings. The molecule has 0 aliphatic rings. The number of aliphatic hydroxyl groups excluding tert-OH is 2. The van der Waals surface area contributed by atoms with Crippen molar-refractivity contribution in [3.8, 4) is 0 Å². The quantitative estimate of drug-likeness (QED) is 0.310. The number of ketones is 1. The van der Waals surface area contributed by atoms with E-state index in [9.17, 15) is 9.59 Å². The van der Waals surface area contributed by atoms with Crippen LogP contribution in [0.2, 0.25) is 0 Å². The second kappa shape index (κ2) is 11.6. The van der Waals surface area contributed by atoms with E-state index in [0.29, 0.717) is 6.42 Å². The van der Waals surface area contributed by atoms with Crippen molar-refractivity contribution in [1.29, 1.82) is 0 Å². The van der Waals surface area contributed by atoms with Gasteiger partial charge >= 0.3 is 5.97 Å². The van der Waals surface area contributed by atoms with Gasteiger partial charge in [-0.25, -0.2) is 0 Å². The number of carbonyl (C=O) groups excluding carboxylic acids is 2. The number of ether oxygens (including phenoxy) is 1. The Balaban J connectivity index is 4.11. The molecular weight excluding hydrogens is 284 g/mol. The van der Waals surface area contributed by atoms with Crippen molar-refractivity contribution in [3.05, 3.63) is 0 Å². The Morgan fingerprint density at radius 2 is 1.55 bits per heavy atom. The van der Waals surface area contributed by atoms with E-state index < -0.39 is 17.3 Å². The molecule has 5 heteroatoms. The van der Waals surface area contributed by atoms with Crippen molar-refractivity contribution < 1.29 is 24.5 Å². The minimum Gasteiger partial charge on any atom is -0.464 e. The molecule has 0 aliphatic carbocycles. The fraction of sp³-hybridized carbons (Fsp3) is 0.882. The molecule has 0 radical (unpaired) electrons. The second-order valence-electron chi connectivity index (χ2n) is 6.40. The second-order valence-corrected chi connectivity index (χ2v) is 6.40. The predicted octanol–water partition coefficient (Wildman–Crippen LogP) is 2.48. The number of hydrogen-bond acceptors (Lipinski definition) is 5. The van der Waals surface area contributed by atoms with Crippen LogP contribution < -0.4 is 0 Å². The van der Waals surface area contributed by atoms with Crippen molar-refractivity contribution in [3.63, 3.8) is 0 Å². The Bertz CT molecular complexity index is 321. The van der Waals surface area contributed by atoms with Crippen LogP contribution >= 0.6 is 0 Å². The maximum absolute atomic E-state index is 12.2. The molecule has 0 spiro atoms. The molecule has 0 aliphatic heterocycles. The average Bonchev–Trinajstić information content (AvgIpc) is 2.51. The average molecular weight is 316 g/mol. The molecule has 0 aromatic carbocycles. The summed E-state index contributed by atoms with van der Waals surface area (Å²) in [5.74, 6) is -1.19. The molecule has 22 heavy (non-hydrogen) atoms. The first-order valence-corrected chi connectivity index (χ1v) is 8.32. The van der Waals surface area contributed by atoms with Crippen LogP contribution in [0.5, 0.6) is 0 Å². The van der Waals surface area contributed by atoms with Crippen molar-refractivity contribution in [2.75, 3.05) is 19.8 Å². The number of esters is 1. The van der Waals surface area contributed by atoms with Crippen LogP contribution in [-0.2, 0) is 14.3 Å². The molecule has 0 saturated heterocycles. The first-order chi connectivity index (χ1) is 10.4. The van der Waals surface area contributed by atoms with Crippen LogP contribution in [-0.4, -0.2) is 41.8 Å². The summed E-state index contributed by atoms with van der Waals surface area (Å²) >= 11 is 0. The summed E-state index contributed by atoms with van der Waals surface area (Å²) < 4.78 is 5.05. The van der Waals surface area contributed by atoms with Crippen LogP contribution in [0.3, 0.4) is 0 Å². The monoisotopic (exact) mass is 316 g/mol. The third-order valence-corrected chi connectivity index (χ3v) is 3.93. The Hall–Kier alpha value is -0.940. The minimum absolute atomic E-state index is 0.0699. The summed E-state index contributed by atoms with van der Waals surface area (Å²) in [6, 6.07) is 0. The van der Waals surface area contributed by atoms with E-state index in [1.54, 1.807) is 13.8 Å². The van der Waals surface area contributed by atoms with Gasteiger partial charge in [0.25, 0.3) is 0 Å². The van der Waals surface area contributed by atoms with E-state index in [1.165, 1.54) is 19.3 Å². The van der Waals surface area contributed by atoms with Crippen molar-refractivity contribution >= 4 is 11.8 Å². The standard InChI is InChI=1S/C17H32O5/c1-4-5-6-7-8-9-10-15(20)17(2,3)16(21)22-13-14(11-18)12-19/h14,18-19H,4-13H2,1-3H3.